The second-order valence-electron chi connectivity index (χ2n) is 4.97. The number of rotatable bonds is 7. The van der Waals surface area contributed by atoms with Crippen molar-refractivity contribution >= 4 is 11.3 Å². The molecule has 0 amide bonds. The number of ether oxygens (including phenoxy) is 1. The number of hydrogen-bond acceptors (Lipinski definition) is 3. The fourth-order valence-corrected chi connectivity index (χ4v) is 3.28. The van der Waals surface area contributed by atoms with Gasteiger partial charge in [-0.05, 0) is 50.1 Å². The van der Waals surface area contributed by atoms with Gasteiger partial charge in [-0.25, -0.2) is 0 Å². The van der Waals surface area contributed by atoms with Crippen LogP contribution in [0.2, 0.25) is 0 Å². The monoisotopic (exact) mass is 289 g/mol. The van der Waals surface area contributed by atoms with Gasteiger partial charge in [-0.3, -0.25) is 0 Å². The molecule has 20 heavy (non-hydrogen) atoms. The fourth-order valence-electron chi connectivity index (χ4n) is 2.32. The Kier molecular flexibility index (Phi) is 5.62. The van der Waals surface area contributed by atoms with Gasteiger partial charge in [-0.15, -0.1) is 11.3 Å². The number of hydrogen-bond donors (Lipinski definition) is 1. The summed E-state index contributed by atoms with van der Waals surface area (Å²) in [5.74, 6) is 0.976. The Morgan fingerprint density at radius 1 is 1.20 bits per heavy atom. The molecular formula is C17H23NOS. The first kappa shape index (κ1) is 15.1. The summed E-state index contributed by atoms with van der Waals surface area (Å²) < 4.78 is 5.47. The lowest BCUT2D eigenvalue weighted by Crippen LogP contribution is -2.23. The van der Waals surface area contributed by atoms with Crippen molar-refractivity contribution in [2.45, 2.75) is 32.7 Å². The van der Waals surface area contributed by atoms with Crippen LogP contribution in [-0.4, -0.2) is 13.7 Å². The van der Waals surface area contributed by atoms with Gasteiger partial charge in [0, 0.05) is 15.8 Å². The molecule has 108 valence electrons. The van der Waals surface area contributed by atoms with Crippen LogP contribution in [0.5, 0.6) is 5.75 Å². The number of para-hydroxylation sites is 1. The molecular weight excluding hydrogens is 266 g/mol. The molecule has 0 spiro atoms. The van der Waals surface area contributed by atoms with Crippen molar-refractivity contribution in [3.63, 3.8) is 0 Å². The molecule has 1 atom stereocenters. The third-order valence-corrected chi connectivity index (χ3v) is 4.48. The zero-order chi connectivity index (χ0) is 14.4. The predicted octanol–water partition coefficient (Wildman–Crippen LogP) is 4.35. The fraction of sp³-hybridized carbons (Fsp3) is 0.412. The summed E-state index contributed by atoms with van der Waals surface area (Å²) in [6.07, 6.45) is 2.11. The van der Waals surface area contributed by atoms with Crippen LogP contribution >= 0.6 is 11.3 Å². The summed E-state index contributed by atoms with van der Waals surface area (Å²) in [6, 6.07) is 13.1. The van der Waals surface area contributed by atoms with E-state index in [4.69, 9.17) is 4.74 Å². The highest BCUT2D eigenvalue weighted by Gasteiger charge is 2.15. The largest absolute Gasteiger partial charge is 0.496 e. The molecule has 0 saturated carbocycles. The van der Waals surface area contributed by atoms with E-state index in [1.807, 2.05) is 23.5 Å². The molecule has 0 fully saturated rings. The van der Waals surface area contributed by atoms with Crippen molar-refractivity contribution < 1.29 is 4.74 Å². The Bertz CT molecular complexity index is 535. The molecule has 2 nitrogen and oxygen atoms in total. The lowest BCUT2D eigenvalue weighted by Gasteiger charge is -2.18. The Morgan fingerprint density at radius 2 is 2.00 bits per heavy atom. The Balaban J connectivity index is 2.19. The average molecular weight is 289 g/mol. The minimum atomic E-state index is 0.366. The Hall–Kier alpha value is -1.32. The number of aryl methyl sites for hydroxylation is 1. The smallest absolute Gasteiger partial charge is 0.122 e. The summed E-state index contributed by atoms with van der Waals surface area (Å²) in [7, 11) is 1.74. The van der Waals surface area contributed by atoms with Crippen LogP contribution < -0.4 is 10.1 Å². The van der Waals surface area contributed by atoms with Crippen molar-refractivity contribution in [2.75, 3.05) is 13.7 Å². The third-order valence-electron chi connectivity index (χ3n) is 3.36. The van der Waals surface area contributed by atoms with Gasteiger partial charge in [-0.2, -0.15) is 0 Å². The molecule has 1 N–H and O–H groups in total. The normalized spacial score (nSPS) is 12.3. The average Bonchev–Trinajstić information content (AvgIpc) is 2.90. The first-order chi connectivity index (χ1) is 9.74. The van der Waals surface area contributed by atoms with Gasteiger partial charge in [0.05, 0.1) is 7.11 Å². The maximum absolute atomic E-state index is 5.47. The van der Waals surface area contributed by atoms with Gasteiger partial charge in [0.2, 0.25) is 0 Å². The molecule has 0 aliphatic carbocycles. The molecule has 1 heterocycles. The summed E-state index contributed by atoms with van der Waals surface area (Å²) in [5, 5.41) is 3.65. The third kappa shape index (κ3) is 3.84. The molecule has 1 unspecified atom stereocenters. The highest BCUT2D eigenvalue weighted by atomic mass is 32.1. The van der Waals surface area contributed by atoms with Crippen molar-refractivity contribution in [1.29, 1.82) is 0 Å². The summed E-state index contributed by atoms with van der Waals surface area (Å²) in [4.78, 5) is 2.77. The molecule has 0 aliphatic rings. The molecule has 0 saturated heterocycles. The van der Waals surface area contributed by atoms with Gasteiger partial charge < -0.3 is 10.1 Å². The van der Waals surface area contributed by atoms with Crippen LogP contribution in [0, 0.1) is 6.92 Å². The summed E-state index contributed by atoms with van der Waals surface area (Å²) in [6.45, 7) is 5.40. The molecule has 2 aromatic rings. The first-order valence-corrected chi connectivity index (χ1v) is 7.97. The second-order valence-corrected chi connectivity index (χ2v) is 6.29. The van der Waals surface area contributed by atoms with Crippen LogP contribution in [0.4, 0.5) is 0 Å². The maximum Gasteiger partial charge on any atom is 0.122 e. The second kappa shape index (κ2) is 7.46. The molecule has 0 bridgehead atoms. The van der Waals surface area contributed by atoms with E-state index in [0.717, 1.165) is 25.1 Å². The van der Waals surface area contributed by atoms with Crippen molar-refractivity contribution in [1.82, 2.24) is 5.32 Å². The topological polar surface area (TPSA) is 21.3 Å². The summed E-state index contributed by atoms with van der Waals surface area (Å²) in [5.41, 5.74) is 1.26. The van der Waals surface area contributed by atoms with E-state index in [0.29, 0.717) is 6.04 Å². The van der Waals surface area contributed by atoms with Crippen molar-refractivity contribution in [2.24, 2.45) is 0 Å². The van der Waals surface area contributed by atoms with Crippen LogP contribution in [0.25, 0.3) is 0 Å². The first-order valence-electron chi connectivity index (χ1n) is 7.16. The van der Waals surface area contributed by atoms with E-state index >= 15 is 0 Å². The van der Waals surface area contributed by atoms with Gasteiger partial charge in [0.25, 0.3) is 0 Å². The molecule has 3 heteroatoms. The van der Waals surface area contributed by atoms with Crippen LogP contribution in [0.3, 0.4) is 0 Å². The van der Waals surface area contributed by atoms with E-state index in [1.165, 1.54) is 15.3 Å². The van der Waals surface area contributed by atoms with E-state index in [9.17, 15) is 0 Å². The molecule has 1 aromatic heterocycles. The zero-order valence-corrected chi connectivity index (χ0v) is 13.3. The van der Waals surface area contributed by atoms with E-state index < -0.39 is 0 Å². The number of benzene rings is 1. The number of nitrogens with one attached hydrogen (secondary N) is 1. The zero-order valence-electron chi connectivity index (χ0n) is 12.5. The Morgan fingerprint density at radius 3 is 2.65 bits per heavy atom. The molecule has 1 aromatic carbocycles. The van der Waals surface area contributed by atoms with Crippen molar-refractivity contribution in [3.05, 3.63) is 51.7 Å². The molecule has 0 radical (unpaired) electrons. The molecule has 2 rings (SSSR count). The number of thiophene rings is 1. The van der Waals surface area contributed by atoms with Crippen LogP contribution in [0.1, 0.15) is 34.7 Å². The predicted molar refractivity (Wildman–Crippen MR) is 86.8 cm³/mol. The van der Waals surface area contributed by atoms with E-state index in [2.05, 4.69) is 43.4 Å². The summed E-state index contributed by atoms with van der Waals surface area (Å²) >= 11 is 1.88. The van der Waals surface area contributed by atoms with Gasteiger partial charge in [0.15, 0.2) is 0 Å². The van der Waals surface area contributed by atoms with Crippen LogP contribution in [0.15, 0.2) is 36.4 Å². The van der Waals surface area contributed by atoms with E-state index in [1.54, 1.807) is 7.11 Å². The minimum Gasteiger partial charge on any atom is -0.496 e. The van der Waals surface area contributed by atoms with Crippen molar-refractivity contribution in [3.8, 4) is 5.75 Å². The minimum absolute atomic E-state index is 0.366. The van der Waals surface area contributed by atoms with Gasteiger partial charge in [0.1, 0.15) is 5.75 Å². The SMILES string of the molecule is CCCNC(Cc1ccccc1OC)c1ccc(C)s1. The lowest BCUT2D eigenvalue weighted by molar-refractivity contribution is 0.405. The lowest BCUT2D eigenvalue weighted by atomic mass is 10.0. The Labute approximate surface area is 125 Å². The van der Waals surface area contributed by atoms with E-state index in [-0.39, 0.29) is 0 Å². The van der Waals surface area contributed by atoms with Gasteiger partial charge >= 0.3 is 0 Å². The highest BCUT2D eigenvalue weighted by Crippen LogP contribution is 2.29. The van der Waals surface area contributed by atoms with Crippen LogP contribution in [-0.2, 0) is 6.42 Å². The quantitative estimate of drug-likeness (QED) is 0.818. The highest BCUT2D eigenvalue weighted by molar-refractivity contribution is 7.12. The maximum atomic E-state index is 5.47. The standard InChI is InChI=1S/C17H23NOS/c1-4-11-18-15(17-10-9-13(2)20-17)12-14-7-5-6-8-16(14)19-3/h5-10,15,18H,4,11-12H2,1-3H3. The van der Waals surface area contributed by atoms with Gasteiger partial charge in [-0.1, -0.05) is 25.1 Å². The molecule has 0 aliphatic heterocycles. The number of methoxy groups -OCH3 is 1.